The first-order valence-corrected chi connectivity index (χ1v) is 11.9. The van der Waals surface area contributed by atoms with Crippen molar-refractivity contribution in [1.29, 1.82) is 0 Å². The summed E-state index contributed by atoms with van der Waals surface area (Å²) in [5.74, 6) is 2.34. The van der Waals surface area contributed by atoms with Gasteiger partial charge in [0.15, 0.2) is 23.0 Å². The Morgan fingerprint density at radius 3 is 2.25 bits per heavy atom. The highest BCUT2D eigenvalue weighted by atomic mass is 16.7. The number of nitrogens with zero attached hydrogens (tertiary/aromatic N) is 2. The van der Waals surface area contributed by atoms with E-state index in [9.17, 15) is 4.79 Å². The van der Waals surface area contributed by atoms with Crippen molar-refractivity contribution < 1.29 is 23.7 Å². The number of carbonyl (C=O) groups is 1. The van der Waals surface area contributed by atoms with Gasteiger partial charge in [-0.3, -0.25) is 9.78 Å². The maximum Gasteiger partial charge on any atom is 0.251 e. The molecule has 0 saturated carbocycles. The fraction of sp³-hybridized carbons (Fsp3) is 0.357. The highest BCUT2D eigenvalue weighted by Crippen LogP contribution is 2.42. The molecule has 0 spiro atoms. The summed E-state index contributed by atoms with van der Waals surface area (Å²) in [5, 5.41) is 7.44. The first kappa shape index (κ1) is 23.9. The molecule has 0 bridgehead atoms. The standard InChI is InChI=1S/C28H31N3O5/c1-28(2,31(3)4)7-8-29-27(32)20-9-16-19-12-25-26(36-15-35-25)13-22(19)30-14-21(16)18-11-24(34-6)23(33-5)10-17(18)20/h9-14H,7-8,15H2,1-6H3,(H,29,32). The molecule has 4 aromatic rings. The summed E-state index contributed by atoms with van der Waals surface area (Å²) in [6, 6.07) is 9.50. The topological polar surface area (TPSA) is 82.2 Å². The molecule has 3 aromatic carbocycles. The molecule has 0 saturated heterocycles. The summed E-state index contributed by atoms with van der Waals surface area (Å²) in [5.41, 5.74) is 1.29. The normalized spacial score (nSPS) is 13.1. The molecule has 2 heterocycles. The first-order chi connectivity index (χ1) is 17.2. The number of pyridine rings is 1. The van der Waals surface area contributed by atoms with Crippen molar-refractivity contribution in [3.05, 3.63) is 42.1 Å². The van der Waals surface area contributed by atoms with Crippen molar-refractivity contribution in [2.45, 2.75) is 25.8 Å². The molecule has 0 unspecified atom stereocenters. The molecule has 0 fully saturated rings. The highest BCUT2D eigenvalue weighted by Gasteiger charge is 2.23. The van der Waals surface area contributed by atoms with Crippen LogP contribution in [0.4, 0.5) is 0 Å². The maximum absolute atomic E-state index is 13.6. The number of carbonyl (C=O) groups excluding carboxylic acids is 1. The van der Waals surface area contributed by atoms with Gasteiger partial charge in [-0.1, -0.05) is 0 Å². The third-order valence-electron chi connectivity index (χ3n) is 7.27. The quantitative estimate of drug-likeness (QED) is 0.375. The van der Waals surface area contributed by atoms with E-state index in [4.69, 9.17) is 18.9 Å². The summed E-state index contributed by atoms with van der Waals surface area (Å²) >= 11 is 0. The minimum absolute atomic E-state index is 0.0420. The van der Waals surface area contributed by atoms with Gasteiger partial charge in [0, 0.05) is 40.7 Å². The molecule has 0 radical (unpaired) electrons. The number of methoxy groups -OCH3 is 2. The fourth-order valence-electron chi connectivity index (χ4n) is 4.51. The molecule has 188 valence electrons. The zero-order valence-corrected chi connectivity index (χ0v) is 21.5. The average molecular weight is 490 g/mol. The SMILES string of the molecule is COc1cc2c(C(=O)NCCC(C)(C)N(C)C)cc3c4cc5c(cc4ncc3c2cc1OC)OCO5. The summed E-state index contributed by atoms with van der Waals surface area (Å²) in [7, 11) is 7.28. The summed E-state index contributed by atoms with van der Waals surface area (Å²) in [6.07, 6.45) is 2.64. The average Bonchev–Trinajstić information content (AvgIpc) is 3.32. The number of hydrogen-bond donors (Lipinski definition) is 1. The third-order valence-corrected chi connectivity index (χ3v) is 7.27. The van der Waals surface area contributed by atoms with Crippen LogP contribution in [0.15, 0.2) is 36.5 Å². The van der Waals surface area contributed by atoms with Gasteiger partial charge in [0.1, 0.15) is 0 Å². The lowest BCUT2D eigenvalue weighted by Crippen LogP contribution is -2.41. The molecule has 1 aliphatic rings. The van der Waals surface area contributed by atoms with E-state index in [1.165, 1.54) is 0 Å². The van der Waals surface area contributed by atoms with Crippen LogP contribution >= 0.6 is 0 Å². The van der Waals surface area contributed by atoms with E-state index in [1.54, 1.807) is 14.2 Å². The third kappa shape index (κ3) is 4.01. The molecule has 1 amide bonds. The van der Waals surface area contributed by atoms with Crippen LogP contribution in [0.2, 0.25) is 0 Å². The Morgan fingerprint density at radius 2 is 1.58 bits per heavy atom. The molecule has 8 nitrogen and oxygen atoms in total. The van der Waals surface area contributed by atoms with Crippen LogP contribution < -0.4 is 24.3 Å². The Hall–Kier alpha value is -3.78. The van der Waals surface area contributed by atoms with Gasteiger partial charge in [-0.15, -0.1) is 0 Å². The largest absolute Gasteiger partial charge is 0.493 e. The van der Waals surface area contributed by atoms with Gasteiger partial charge in [-0.25, -0.2) is 0 Å². The monoisotopic (exact) mass is 489 g/mol. The van der Waals surface area contributed by atoms with Crippen LogP contribution in [0.25, 0.3) is 32.4 Å². The van der Waals surface area contributed by atoms with Crippen molar-refractivity contribution >= 4 is 38.4 Å². The van der Waals surface area contributed by atoms with Gasteiger partial charge in [-0.2, -0.15) is 0 Å². The van der Waals surface area contributed by atoms with Gasteiger partial charge in [0.25, 0.3) is 5.91 Å². The van der Waals surface area contributed by atoms with E-state index in [1.807, 2.05) is 50.6 Å². The number of fused-ring (bicyclic) bond motifs is 6. The van der Waals surface area contributed by atoms with Crippen LogP contribution in [0.5, 0.6) is 23.0 Å². The van der Waals surface area contributed by atoms with Gasteiger partial charge >= 0.3 is 0 Å². The maximum atomic E-state index is 13.6. The lowest BCUT2D eigenvalue weighted by molar-refractivity contribution is 0.0944. The minimum atomic E-state index is -0.144. The van der Waals surface area contributed by atoms with Crippen LogP contribution in [0, 0.1) is 0 Å². The molecule has 1 N–H and O–H groups in total. The van der Waals surface area contributed by atoms with Crippen molar-refractivity contribution in [2.24, 2.45) is 0 Å². The van der Waals surface area contributed by atoms with Crippen LogP contribution in [-0.2, 0) is 0 Å². The number of rotatable bonds is 7. The summed E-state index contributed by atoms with van der Waals surface area (Å²) in [4.78, 5) is 20.4. The molecule has 36 heavy (non-hydrogen) atoms. The van der Waals surface area contributed by atoms with Crippen molar-refractivity contribution in [2.75, 3.05) is 41.7 Å². The van der Waals surface area contributed by atoms with Crippen LogP contribution in [0.3, 0.4) is 0 Å². The summed E-state index contributed by atoms with van der Waals surface area (Å²) in [6.45, 7) is 5.04. The molecular formula is C28H31N3O5. The molecule has 8 heteroatoms. The van der Waals surface area contributed by atoms with E-state index >= 15 is 0 Å². The zero-order chi connectivity index (χ0) is 25.6. The number of hydrogen-bond acceptors (Lipinski definition) is 7. The second-order valence-corrected chi connectivity index (χ2v) is 9.83. The Bertz CT molecular complexity index is 1500. The lowest BCUT2D eigenvalue weighted by atomic mass is 9.94. The van der Waals surface area contributed by atoms with Gasteiger partial charge in [0.2, 0.25) is 6.79 Å². The van der Waals surface area contributed by atoms with Gasteiger partial charge in [0.05, 0.1) is 19.7 Å². The first-order valence-electron chi connectivity index (χ1n) is 11.9. The van der Waals surface area contributed by atoms with E-state index in [0.29, 0.717) is 35.1 Å². The highest BCUT2D eigenvalue weighted by molar-refractivity contribution is 6.22. The Kier molecular flexibility index (Phi) is 6.00. The fourth-order valence-corrected chi connectivity index (χ4v) is 4.51. The number of benzene rings is 3. The van der Waals surface area contributed by atoms with Gasteiger partial charge < -0.3 is 29.2 Å². The minimum Gasteiger partial charge on any atom is -0.493 e. The van der Waals surface area contributed by atoms with Crippen LogP contribution in [-0.4, -0.2) is 63.0 Å². The summed E-state index contributed by atoms with van der Waals surface area (Å²) < 4.78 is 22.3. The van der Waals surface area contributed by atoms with Gasteiger partial charge in [-0.05, 0) is 74.8 Å². The van der Waals surface area contributed by atoms with E-state index in [0.717, 1.165) is 38.9 Å². The molecule has 1 aromatic heterocycles. The Morgan fingerprint density at radius 1 is 0.944 bits per heavy atom. The molecule has 0 atom stereocenters. The van der Waals surface area contributed by atoms with Crippen molar-refractivity contribution in [3.8, 4) is 23.0 Å². The van der Waals surface area contributed by atoms with Crippen molar-refractivity contribution in [1.82, 2.24) is 15.2 Å². The van der Waals surface area contributed by atoms with E-state index in [2.05, 4.69) is 29.0 Å². The molecular weight excluding hydrogens is 458 g/mol. The molecule has 1 aliphatic heterocycles. The lowest BCUT2D eigenvalue weighted by Gasteiger charge is -2.32. The number of amides is 1. The Labute approximate surface area is 210 Å². The Balaban J connectivity index is 1.69. The predicted octanol–water partition coefficient (Wildman–Crippen LogP) is 4.75. The predicted molar refractivity (Wildman–Crippen MR) is 141 cm³/mol. The second-order valence-electron chi connectivity index (χ2n) is 9.83. The molecule has 5 rings (SSSR count). The number of nitrogens with one attached hydrogen (secondary N) is 1. The number of aromatic nitrogens is 1. The zero-order valence-electron chi connectivity index (χ0n) is 21.5. The molecule has 0 aliphatic carbocycles. The van der Waals surface area contributed by atoms with Crippen LogP contribution in [0.1, 0.15) is 30.6 Å². The smallest absolute Gasteiger partial charge is 0.251 e. The van der Waals surface area contributed by atoms with Crippen molar-refractivity contribution in [3.63, 3.8) is 0 Å². The van der Waals surface area contributed by atoms with E-state index < -0.39 is 0 Å². The second kappa shape index (κ2) is 9.02. The number of ether oxygens (including phenoxy) is 4. The van der Waals surface area contributed by atoms with E-state index in [-0.39, 0.29) is 18.2 Å².